The molecule has 3 rings (SSSR count). The highest BCUT2D eigenvalue weighted by Gasteiger charge is 2.19. The average molecular weight is 381 g/mol. The normalized spacial score (nSPS) is 11.5. The van der Waals surface area contributed by atoms with E-state index in [1.54, 1.807) is 30.3 Å². The second kappa shape index (κ2) is 5.66. The van der Waals surface area contributed by atoms with Crippen LogP contribution in [0.15, 0.2) is 64.1 Å². The number of hydrogen-bond donors (Lipinski definition) is 1. The molecule has 0 aliphatic carbocycles. The van der Waals surface area contributed by atoms with Crippen LogP contribution in [0, 0.1) is 5.82 Å². The van der Waals surface area contributed by atoms with Crippen LogP contribution in [-0.4, -0.2) is 13.4 Å². The van der Waals surface area contributed by atoms with Crippen molar-refractivity contribution in [2.45, 2.75) is 4.90 Å². The molecule has 0 aliphatic heterocycles. The minimum absolute atomic E-state index is 0.00733. The van der Waals surface area contributed by atoms with Gasteiger partial charge in [-0.1, -0.05) is 34.1 Å². The summed E-state index contributed by atoms with van der Waals surface area (Å²) in [7, 11) is -3.94. The predicted molar refractivity (Wildman–Crippen MR) is 86.7 cm³/mol. The lowest BCUT2D eigenvalue weighted by Crippen LogP contribution is -2.14. The molecular weight excluding hydrogens is 371 g/mol. The molecule has 0 atom stereocenters. The first-order chi connectivity index (χ1) is 10.5. The Hall–Kier alpha value is -1.99. The Morgan fingerprint density at radius 1 is 1.09 bits per heavy atom. The van der Waals surface area contributed by atoms with Gasteiger partial charge in [-0.25, -0.2) is 12.8 Å². The van der Waals surface area contributed by atoms with Gasteiger partial charge in [0, 0.05) is 16.1 Å². The molecule has 0 unspecified atom stereocenters. The van der Waals surface area contributed by atoms with Gasteiger partial charge in [-0.15, -0.1) is 0 Å². The molecule has 1 aromatic heterocycles. The van der Waals surface area contributed by atoms with E-state index in [0.717, 1.165) is 0 Å². The molecule has 0 saturated heterocycles. The zero-order valence-electron chi connectivity index (χ0n) is 11.1. The van der Waals surface area contributed by atoms with Crippen molar-refractivity contribution in [3.8, 4) is 0 Å². The third kappa shape index (κ3) is 2.82. The van der Waals surface area contributed by atoms with Gasteiger partial charge in [0.15, 0.2) is 0 Å². The minimum atomic E-state index is -3.94. The number of nitrogens with one attached hydrogen (secondary N) is 1. The summed E-state index contributed by atoms with van der Waals surface area (Å²) in [4.78, 5) is 4.11. The molecule has 0 bridgehead atoms. The van der Waals surface area contributed by atoms with Crippen LogP contribution in [0.3, 0.4) is 0 Å². The van der Waals surface area contributed by atoms with Crippen molar-refractivity contribution in [3.63, 3.8) is 0 Å². The van der Waals surface area contributed by atoms with Gasteiger partial charge in [0.25, 0.3) is 10.0 Å². The molecule has 4 nitrogen and oxygen atoms in total. The van der Waals surface area contributed by atoms with Gasteiger partial charge < -0.3 is 0 Å². The third-order valence-corrected chi connectivity index (χ3v) is 4.95. The van der Waals surface area contributed by atoms with Crippen molar-refractivity contribution < 1.29 is 12.8 Å². The monoisotopic (exact) mass is 380 g/mol. The number of halogens is 2. The lowest BCUT2D eigenvalue weighted by atomic mass is 10.2. The van der Waals surface area contributed by atoms with E-state index >= 15 is 0 Å². The maximum atomic E-state index is 13.8. The smallest absolute Gasteiger partial charge is 0.264 e. The zero-order valence-corrected chi connectivity index (χ0v) is 13.5. The lowest BCUT2D eigenvalue weighted by Gasteiger charge is -2.10. The molecule has 0 amide bonds. The molecule has 0 radical (unpaired) electrons. The minimum Gasteiger partial charge on any atom is -0.277 e. The topological polar surface area (TPSA) is 59.1 Å². The molecule has 1 N–H and O–H groups in total. The van der Waals surface area contributed by atoms with Crippen LogP contribution in [0.25, 0.3) is 10.9 Å². The maximum Gasteiger partial charge on any atom is 0.264 e. The second-order valence-corrected chi connectivity index (χ2v) is 7.13. The number of para-hydroxylation sites is 1. The molecular formula is C15H10BrFN2O2S. The van der Waals surface area contributed by atoms with Crippen LogP contribution in [0.2, 0.25) is 0 Å². The molecule has 0 saturated carbocycles. The summed E-state index contributed by atoms with van der Waals surface area (Å²) >= 11 is 3.13. The van der Waals surface area contributed by atoms with Gasteiger partial charge in [0.05, 0.1) is 11.2 Å². The van der Waals surface area contributed by atoms with E-state index in [-0.39, 0.29) is 10.6 Å². The Morgan fingerprint density at radius 3 is 2.64 bits per heavy atom. The number of pyridine rings is 1. The number of fused-ring (bicyclic) bond motifs is 1. The van der Waals surface area contributed by atoms with Crippen LogP contribution in [-0.2, 0) is 10.0 Å². The summed E-state index contributed by atoms with van der Waals surface area (Å²) < 4.78 is 41.7. The molecule has 0 spiro atoms. The van der Waals surface area contributed by atoms with E-state index in [4.69, 9.17) is 0 Å². The van der Waals surface area contributed by atoms with Crippen LogP contribution in [0.5, 0.6) is 0 Å². The molecule has 1 heterocycles. The summed E-state index contributed by atoms with van der Waals surface area (Å²) in [6.07, 6.45) is 1.52. The lowest BCUT2D eigenvalue weighted by molar-refractivity contribution is 0.599. The van der Waals surface area contributed by atoms with Gasteiger partial charge in [0.2, 0.25) is 0 Å². The van der Waals surface area contributed by atoms with Gasteiger partial charge >= 0.3 is 0 Å². The number of rotatable bonds is 3. The number of anilines is 1. The molecule has 2 aromatic carbocycles. The SMILES string of the molecule is O=S(=O)(Nc1ccc(Br)cc1F)c1cccc2cccnc12. The fourth-order valence-corrected chi connectivity index (χ4v) is 3.65. The highest BCUT2D eigenvalue weighted by Crippen LogP contribution is 2.25. The highest BCUT2D eigenvalue weighted by atomic mass is 79.9. The average Bonchev–Trinajstić information content (AvgIpc) is 2.49. The van der Waals surface area contributed by atoms with Crippen molar-refractivity contribution in [3.05, 3.63) is 65.0 Å². The largest absolute Gasteiger partial charge is 0.277 e. The van der Waals surface area contributed by atoms with Crippen molar-refractivity contribution in [1.82, 2.24) is 4.98 Å². The van der Waals surface area contributed by atoms with E-state index in [1.165, 1.54) is 24.4 Å². The Balaban J connectivity index is 2.09. The first-order valence-electron chi connectivity index (χ1n) is 6.29. The standard InChI is InChI=1S/C15H10BrFN2O2S/c16-11-6-7-13(12(17)9-11)19-22(20,21)14-5-1-3-10-4-2-8-18-15(10)14/h1-9,19H. The summed E-state index contributed by atoms with van der Waals surface area (Å²) in [5, 5.41) is 0.696. The molecule has 112 valence electrons. The zero-order chi connectivity index (χ0) is 15.7. The number of hydrogen-bond acceptors (Lipinski definition) is 3. The van der Waals surface area contributed by atoms with Crippen molar-refractivity contribution in [2.24, 2.45) is 0 Å². The predicted octanol–water partition coefficient (Wildman–Crippen LogP) is 3.94. The number of benzene rings is 2. The maximum absolute atomic E-state index is 13.8. The number of aromatic nitrogens is 1. The van der Waals surface area contributed by atoms with Gasteiger partial charge in [-0.05, 0) is 30.3 Å². The molecule has 3 aromatic rings. The van der Waals surface area contributed by atoms with Crippen molar-refractivity contribution in [1.29, 1.82) is 0 Å². The van der Waals surface area contributed by atoms with E-state index in [0.29, 0.717) is 15.4 Å². The van der Waals surface area contributed by atoms with Gasteiger partial charge in [-0.3, -0.25) is 9.71 Å². The summed E-state index contributed by atoms with van der Waals surface area (Å²) in [5.74, 6) is -0.661. The third-order valence-electron chi connectivity index (χ3n) is 3.06. The first kappa shape index (κ1) is 14.9. The fourth-order valence-electron chi connectivity index (χ4n) is 2.07. The van der Waals surface area contributed by atoms with Crippen LogP contribution in [0.4, 0.5) is 10.1 Å². The first-order valence-corrected chi connectivity index (χ1v) is 8.56. The van der Waals surface area contributed by atoms with Crippen molar-refractivity contribution >= 4 is 42.5 Å². The van der Waals surface area contributed by atoms with Crippen molar-refractivity contribution in [2.75, 3.05) is 4.72 Å². The van der Waals surface area contributed by atoms with Crippen LogP contribution >= 0.6 is 15.9 Å². The van der Waals surface area contributed by atoms with E-state index in [2.05, 4.69) is 25.6 Å². The van der Waals surface area contributed by atoms with Gasteiger partial charge in [-0.2, -0.15) is 0 Å². The summed E-state index contributed by atoms with van der Waals surface area (Å²) in [6.45, 7) is 0. The van der Waals surface area contributed by atoms with Gasteiger partial charge in [0.1, 0.15) is 10.7 Å². The summed E-state index contributed by atoms with van der Waals surface area (Å²) in [5.41, 5.74) is 0.228. The molecule has 7 heteroatoms. The van der Waals surface area contributed by atoms with Crippen LogP contribution < -0.4 is 4.72 Å². The van der Waals surface area contributed by atoms with Crippen LogP contribution in [0.1, 0.15) is 0 Å². The number of sulfonamides is 1. The van der Waals surface area contributed by atoms with E-state index in [1.807, 2.05) is 0 Å². The Kier molecular flexibility index (Phi) is 3.84. The second-order valence-electron chi connectivity index (χ2n) is 4.56. The Morgan fingerprint density at radius 2 is 1.86 bits per heavy atom. The highest BCUT2D eigenvalue weighted by molar-refractivity contribution is 9.10. The number of nitrogens with zero attached hydrogens (tertiary/aromatic N) is 1. The quantitative estimate of drug-likeness (QED) is 0.748. The fraction of sp³-hybridized carbons (Fsp3) is 0. The Bertz CT molecular complexity index is 955. The van der Waals surface area contributed by atoms with E-state index < -0.39 is 15.8 Å². The Labute approximate surface area is 135 Å². The molecule has 0 aliphatic rings. The van der Waals surface area contributed by atoms with E-state index in [9.17, 15) is 12.8 Å². The summed E-state index contributed by atoms with van der Waals surface area (Å²) in [6, 6.07) is 12.4. The molecule has 0 fully saturated rings. The molecule has 22 heavy (non-hydrogen) atoms.